The van der Waals surface area contributed by atoms with E-state index in [1.165, 1.54) is 0 Å². The standard InChI is InChI=1S/C14H23N3O5S/c1-6-8(18)9(11(19)21-7-2)10-15-12(23-17-10)16-13(20)22-14(3,4)5/h8-9,18H,6-7H2,1-5H3,(H,15,16,17,20). The molecule has 130 valence electrons. The lowest BCUT2D eigenvalue weighted by molar-refractivity contribution is -0.148. The molecule has 0 aliphatic carbocycles. The first-order valence-electron chi connectivity index (χ1n) is 7.36. The lowest BCUT2D eigenvalue weighted by Gasteiger charge is -2.19. The topological polar surface area (TPSA) is 111 Å². The Labute approximate surface area is 139 Å². The van der Waals surface area contributed by atoms with Gasteiger partial charge >= 0.3 is 12.1 Å². The Morgan fingerprint density at radius 1 is 1.35 bits per heavy atom. The minimum absolute atomic E-state index is 0.119. The van der Waals surface area contributed by atoms with Gasteiger partial charge in [-0.25, -0.2) is 9.78 Å². The molecule has 1 heterocycles. The Morgan fingerprint density at radius 2 is 2.00 bits per heavy atom. The Morgan fingerprint density at radius 3 is 2.52 bits per heavy atom. The van der Waals surface area contributed by atoms with E-state index in [1.807, 2.05) is 0 Å². The number of nitrogens with one attached hydrogen (secondary N) is 1. The van der Waals surface area contributed by atoms with E-state index in [1.54, 1.807) is 34.6 Å². The third kappa shape index (κ3) is 6.11. The van der Waals surface area contributed by atoms with Gasteiger partial charge in [0.1, 0.15) is 11.5 Å². The first-order chi connectivity index (χ1) is 10.7. The first-order valence-corrected chi connectivity index (χ1v) is 8.13. The van der Waals surface area contributed by atoms with Gasteiger partial charge in [-0.2, -0.15) is 4.37 Å². The summed E-state index contributed by atoms with van der Waals surface area (Å²) < 4.78 is 14.1. The van der Waals surface area contributed by atoms with Gasteiger partial charge in [0.2, 0.25) is 5.13 Å². The van der Waals surface area contributed by atoms with Gasteiger partial charge in [0.15, 0.2) is 5.82 Å². The molecular formula is C14H23N3O5S. The van der Waals surface area contributed by atoms with Crippen LogP contribution in [0.2, 0.25) is 0 Å². The molecule has 9 heteroatoms. The average molecular weight is 345 g/mol. The molecule has 0 aromatic carbocycles. The Hall–Kier alpha value is -1.74. The highest BCUT2D eigenvalue weighted by Gasteiger charge is 2.33. The van der Waals surface area contributed by atoms with E-state index in [9.17, 15) is 14.7 Å². The average Bonchev–Trinajstić information content (AvgIpc) is 2.84. The second-order valence-corrected chi connectivity index (χ2v) is 6.54. The first kappa shape index (κ1) is 19.3. The molecule has 0 aliphatic rings. The summed E-state index contributed by atoms with van der Waals surface area (Å²) in [7, 11) is 0. The number of nitrogens with zero attached hydrogens (tertiary/aromatic N) is 2. The highest BCUT2D eigenvalue weighted by atomic mass is 32.1. The summed E-state index contributed by atoms with van der Waals surface area (Å²) in [6.07, 6.45) is -1.28. The van der Waals surface area contributed by atoms with Crippen LogP contribution in [0.5, 0.6) is 0 Å². The summed E-state index contributed by atoms with van der Waals surface area (Å²) in [5.74, 6) is -1.46. The van der Waals surface area contributed by atoms with Gasteiger partial charge in [0, 0.05) is 11.5 Å². The number of carbonyl (C=O) groups is 2. The van der Waals surface area contributed by atoms with Crippen LogP contribution in [0.3, 0.4) is 0 Å². The van der Waals surface area contributed by atoms with Crippen LogP contribution in [-0.2, 0) is 14.3 Å². The molecule has 1 rings (SSSR count). The minimum atomic E-state index is -0.981. The molecule has 0 radical (unpaired) electrons. The highest BCUT2D eigenvalue weighted by molar-refractivity contribution is 7.09. The van der Waals surface area contributed by atoms with Gasteiger partial charge in [-0.3, -0.25) is 10.1 Å². The van der Waals surface area contributed by atoms with Gasteiger partial charge in [-0.1, -0.05) is 6.92 Å². The predicted molar refractivity (Wildman–Crippen MR) is 85.4 cm³/mol. The summed E-state index contributed by atoms with van der Waals surface area (Å²) in [5.41, 5.74) is -0.635. The number of hydrogen-bond acceptors (Lipinski definition) is 8. The maximum Gasteiger partial charge on any atom is 0.414 e. The SMILES string of the molecule is CCOC(=O)C(c1nsc(NC(=O)OC(C)(C)C)n1)C(O)CC. The predicted octanol–water partition coefficient (Wildman–Crippen LogP) is 2.30. The van der Waals surface area contributed by atoms with Crippen molar-refractivity contribution in [3.8, 4) is 0 Å². The highest BCUT2D eigenvalue weighted by Crippen LogP contribution is 2.24. The van der Waals surface area contributed by atoms with E-state index in [0.717, 1.165) is 11.5 Å². The maximum absolute atomic E-state index is 12.0. The number of ether oxygens (including phenoxy) is 2. The number of esters is 1. The van der Waals surface area contributed by atoms with E-state index in [2.05, 4.69) is 14.7 Å². The van der Waals surface area contributed by atoms with Gasteiger partial charge < -0.3 is 14.6 Å². The van der Waals surface area contributed by atoms with Crippen molar-refractivity contribution in [2.24, 2.45) is 0 Å². The van der Waals surface area contributed by atoms with Crippen LogP contribution in [0.15, 0.2) is 0 Å². The molecule has 2 atom stereocenters. The van der Waals surface area contributed by atoms with Crippen LogP contribution in [0.1, 0.15) is 52.8 Å². The zero-order valence-corrected chi connectivity index (χ0v) is 14.8. The number of rotatable bonds is 6. The van der Waals surface area contributed by atoms with Crippen molar-refractivity contribution in [2.75, 3.05) is 11.9 Å². The second-order valence-electron chi connectivity index (χ2n) is 5.79. The molecule has 1 aromatic rings. The summed E-state index contributed by atoms with van der Waals surface area (Å²) in [5, 5.41) is 12.7. The molecule has 0 fully saturated rings. The molecule has 1 aromatic heterocycles. The second kappa shape index (κ2) is 8.21. The number of hydrogen-bond donors (Lipinski definition) is 2. The Balaban J connectivity index is 2.86. The number of aliphatic hydroxyl groups excluding tert-OH is 1. The van der Waals surface area contributed by atoms with E-state index in [0.29, 0.717) is 6.42 Å². The molecule has 0 bridgehead atoms. The largest absolute Gasteiger partial charge is 0.465 e. The fraction of sp³-hybridized carbons (Fsp3) is 0.714. The molecular weight excluding hydrogens is 322 g/mol. The van der Waals surface area contributed by atoms with E-state index in [4.69, 9.17) is 9.47 Å². The molecule has 2 N–H and O–H groups in total. The quantitative estimate of drug-likeness (QED) is 0.761. The third-order valence-corrected chi connectivity index (χ3v) is 3.32. The summed E-state index contributed by atoms with van der Waals surface area (Å²) >= 11 is 0.904. The lowest BCUT2D eigenvalue weighted by atomic mass is 10.00. The van der Waals surface area contributed by atoms with E-state index < -0.39 is 29.7 Å². The van der Waals surface area contributed by atoms with Crippen LogP contribution in [0.25, 0.3) is 0 Å². The third-order valence-electron chi connectivity index (χ3n) is 2.67. The number of aromatic nitrogens is 2. The molecule has 1 amide bonds. The van der Waals surface area contributed by atoms with Crippen molar-refractivity contribution in [3.63, 3.8) is 0 Å². The van der Waals surface area contributed by atoms with Crippen LogP contribution < -0.4 is 5.32 Å². The molecule has 0 saturated carbocycles. The van der Waals surface area contributed by atoms with Crippen molar-refractivity contribution in [1.29, 1.82) is 0 Å². The minimum Gasteiger partial charge on any atom is -0.465 e. The van der Waals surface area contributed by atoms with Crippen molar-refractivity contribution in [3.05, 3.63) is 5.82 Å². The lowest BCUT2D eigenvalue weighted by Crippen LogP contribution is -2.29. The molecule has 23 heavy (non-hydrogen) atoms. The fourth-order valence-electron chi connectivity index (χ4n) is 1.71. The molecule has 0 saturated heterocycles. The van der Waals surface area contributed by atoms with Crippen LogP contribution >= 0.6 is 11.5 Å². The Bertz CT molecular complexity index is 541. The van der Waals surface area contributed by atoms with Crippen LogP contribution in [-0.4, -0.2) is 44.8 Å². The number of aliphatic hydroxyl groups is 1. The smallest absolute Gasteiger partial charge is 0.414 e. The molecule has 8 nitrogen and oxygen atoms in total. The summed E-state index contributed by atoms with van der Waals surface area (Å²) in [6, 6.07) is 0. The zero-order valence-electron chi connectivity index (χ0n) is 14.0. The van der Waals surface area contributed by atoms with Crippen LogP contribution in [0, 0.1) is 0 Å². The van der Waals surface area contributed by atoms with Gasteiger partial charge in [0.05, 0.1) is 12.7 Å². The van der Waals surface area contributed by atoms with E-state index in [-0.39, 0.29) is 17.6 Å². The van der Waals surface area contributed by atoms with E-state index >= 15 is 0 Å². The Kier molecular flexibility index (Phi) is 6.89. The monoisotopic (exact) mass is 345 g/mol. The molecule has 2 unspecified atom stereocenters. The molecule has 0 aliphatic heterocycles. The van der Waals surface area contributed by atoms with Gasteiger partial charge in [0.25, 0.3) is 0 Å². The van der Waals surface area contributed by atoms with Gasteiger partial charge in [-0.05, 0) is 34.1 Å². The van der Waals surface area contributed by atoms with Crippen molar-refractivity contribution < 1.29 is 24.2 Å². The van der Waals surface area contributed by atoms with Crippen molar-refractivity contribution in [1.82, 2.24) is 9.36 Å². The van der Waals surface area contributed by atoms with Gasteiger partial charge in [-0.15, -0.1) is 0 Å². The number of amides is 1. The number of anilines is 1. The van der Waals surface area contributed by atoms with Crippen molar-refractivity contribution in [2.45, 2.75) is 58.7 Å². The summed E-state index contributed by atoms with van der Waals surface area (Å²) in [6.45, 7) is 8.84. The van der Waals surface area contributed by atoms with Crippen molar-refractivity contribution >= 4 is 28.7 Å². The zero-order chi connectivity index (χ0) is 17.6. The normalized spacial score (nSPS) is 14.0. The summed E-state index contributed by atoms with van der Waals surface area (Å²) in [4.78, 5) is 27.8. The maximum atomic E-state index is 12.0. The molecule has 0 spiro atoms. The van der Waals surface area contributed by atoms with Crippen LogP contribution in [0.4, 0.5) is 9.93 Å². The fourth-order valence-corrected chi connectivity index (χ4v) is 2.30. The number of carbonyl (C=O) groups excluding carboxylic acids is 2.